The fraction of sp³-hybridized carbons (Fsp3) is 0.414. The summed E-state index contributed by atoms with van der Waals surface area (Å²) >= 11 is 5.97. The van der Waals surface area contributed by atoms with E-state index in [-0.39, 0.29) is 34.8 Å². The second-order valence-corrected chi connectivity index (χ2v) is 11.0. The van der Waals surface area contributed by atoms with Crippen molar-refractivity contribution in [3.63, 3.8) is 0 Å². The number of aromatic nitrogens is 2. The second kappa shape index (κ2) is 13.2. The predicted octanol–water partition coefficient (Wildman–Crippen LogP) is 6.71. The molecule has 3 aromatic rings. The third-order valence-electron chi connectivity index (χ3n) is 7.26. The van der Waals surface area contributed by atoms with Crippen molar-refractivity contribution < 1.29 is 40.6 Å². The van der Waals surface area contributed by atoms with Crippen LogP contribution in [0.15, 0.2) is 48.7 Å². The van der Waals surface area contributed by atoms with Gasteiger partial charge in [0, 0.05) is 44.4 Å². The Morgan fingerprint density at radius 2 is 1.57 bits per heavy atom. The van der Waals surface area contributed by atoms with Crippen molar-refractivity contribution in [1.29, 1.82) is 0 Å². The summed E-state index contributed by atoms with van der Waals surface area (Å²) in [6.45, 7) is 6.64. The van der Waals surface area contributed by atoms with Crippen molar-refractivity contribution in [3.8, 4) is 11.6 Å². The number of nitrogens with zero attached hydrogens (tertiary/aromatic N) is 4. The number of hydrogen-bond acceptors (Lipinski definition) is 7. The van der Waals surface area contributed by atoms with Crippen LogP contribution >= 0.6 is 11.6 Å². The SMILES string of the molecule is CN(C(=O)c1cnc(NCCN2CCOCC2)nc1Oc1ccc(Cl)cc1)C(C)(C)c1cc(C(F)(F)F)cc(C(F)(F)F)c1. The number of rotatable bonds is 9. The molecule has 0 unspecified atom stereocenters. The highest BCUT2D eigenvalue weighted by Gasteiger charge is 2.40. The molecule has 1 fully saturated rings. The van der Waals surface area contributed by atoms with Crippen LogP contribution in [0.2, 0.25) is 5.02 Å². The van der Waals surface area contributed by atoms with E-state index in [0.717, 1.165) is 18.0 Å². The van der Waals surface area contributed by atoms with Gasteiger partial charge in [-0.1, -0.05) is 11.6 Å². The Bertz CT molecular complexity index is 1430. The van der Waals surface area contributed by atoms with E-state index in [1.807, 2.05) is 0 Å². The summed E-state index contributed by atoms with van der Waals surface area (Å²) in [5.41, 5.74) is -5.17. The number of carbonyl (C=O) groups excluding carboxylic acids is 1. The van der Waals surface area contributed by atoms with Crippen molar-refractivity contribution in [2.75, 3.05) is 51.8 Å². The van der Waals surface area contributed by atoms with Gasteiger partial charge in [-0.2, -0.15) is 31.3 Å². The average Bonchev–Trinajstić information content (AvgIpc) is 2.97. The van der Waals surface area contributed by atoms with Crippen LogP contribution < -0.4 is 10.1 Å². The molecule has 1 aliphatic rings. The highest BCUT2D eigenvalue weighted by Crippen LogP contribution is 2.40. The Labute approximate surface area is 254 Å². The van der Waals surface area contributed by atoms with E-state index in [2.05, 4.69) is 20.2 Å². The van der Waals surface area contributed by atoms with Crippen LogP contribution in [0.25, 0.3) is 0 Å². The van der Waals surface area contributed by atoms with Crippen molar-refractivity contribution in [2.45, 2.75) is 31.7 Å². The molecule has 1 saturated heterocycles. The minimum Gasteiger partial charge on any atom is -0.438 e. The Morgan fingerprint density at radius 1 is 1.00 bits per heavy atom. The van der Waals surface area contributed by atoms with Crippen LogP contribution in [0.4, 0.5) is 32.3 Å². The van der Waals surface area contributed by atoms with E-state index in [1.54, 1.807) is 24.3 Å². The van der Waals surface area contributed by atoms with Crippen LogP contribution in [-0.4, -0.2) is 72.1 Å². The molecule has 1 aliphatic heterocycles. The zero-order valence-corrected chi connectivity index (χ0v) is 24.8. The van der Waals surface area contributed by atoms with Crippen molar-refractivity contribution in [1.82, 2.24) is 19.8 Å². The quantitative estimate of drug-likeness (QED) is 0.259. The van der Waals surface area contributed by atoms with Crippen molar-refractivity contribution in [3.05, 3.63) is 75.9 Å². The molecule has 2 heterocycles. The molecular weight excluding hydrogens is 616 g/mol. The van der Waals surface area contributed by atoms with Gasteiger partial charge in [0.2, 0.25) is 11.8 Å². The molecule has 15 heteroatoms. The van der Waals surface area contributed by atoms with E-state index in [1.165, 1.54) is 27.1 Å². The Morgan fingerprint density at radius 3 is 2.14 bits per heavy atom. The monoisotopic (exact) mass is 645 g/mol. The largest absolute Gasteiger partial charge is 0.438 e. The maximum absolute atomic E-state index is 13.8. The molecule has 1 N–H and O–H groups in total. The first-order chi connectivity index (χ1) is 20.6. The third kappa shape index (κ3) is 8.10. The molecule has 0 saturated carbocycles. The summed E-state index contributed by atoms with van der Waals surface area (Å²) in [6, 6.07) is 7.44. The molecule has 0 atom stereocenters. The molecule has 8 nitrogen and oxygen atoms in total. The Balaban J connectivity index is 1.65. The Hall–Kier alpha value is -3.62. The number of nitrogens with one attached hydrogen (secondary N) is 1. The van der Waals surface area contributed by atoms with Gasteiger partial charge in [-0.3, -0.25) is 9.69 Å². The fourth-order valence-electron chi connectivity index (χ4n) is 4.38. The number of ether oxygens (including phenoxy) is 2. The lowest BCUT2D eigenvalue weighted by Gasteiger charge is -2.37. The average molecular weight is 646 g/mol. The Kier molecular flexibility index (Phi) is 9.96. The van der Waals surface area contributed by atoms with Gasteiger partial charge in [-0.25, -0.2) is 4.98 Å². The van der Waals surface area contributed by atoms with Crippen molar-refractivity contribution in [2.24, 2.45) is 0 Å². The van der Waals surface area contributed by atoms with Gasteiger partial charge >= 0.3 is 12.4 Å². The van der Waals surface area contributed by atoms with E-state index in [4.69, 9.17) is 21.1 Å². The summed E-state index contributed by atoms with van der Waals surface area (Å²) in [5, 5.41) is 3.51. The minimum atomic E-state index is -5.05. The number of halogens is 7. The molecule has 0 aliphatic carbocycles. The molecule has 0 spiro atoms. The lowest BCUT2D eigenvalue weighted by molar-refractivity contribution is -0.143. The molecule has 1 amide bonds. The van der Waals surface area contributed by atoms with Gasteiger partial charge in [-0.05, 0) is 61.9 Å². The minimum absolute atomic E-state index is 0.0398. The fourth-order valence-corrected chi connectivity index (χ4v) is 4.50. The topological polar surface area (TPSA) is 79.8 Å². The maximum Gasteiger partial charge on any atom is 0.416 e. The molecular formula is C29H30ClF6N5O3. The maximum atomic E-state index is 13.8. The smallest absolute Gasteiger partial charge is 0.416 e. The summed E-state index contributed by atoms with van der Waals surface area (Å²) < 4.78 is 92.6. The second-order valence-electron chi connectivity index (χ2n) is 10.6. The molecule has 0 bridgehead atoms. The van der Waals surface area contributed by atoms with Gasteiger partial charge in [0.1, 0.15) is 11.3 Å². The van der Waals surface area contributed by atoms with Gasteiger partial charge in [0.15, 0.2) is 0 Å². The third-order valence-corrected chi connectivity index (χ3v) is 7.52. The number of hydrogen-bond donors (Lipinski definition) is 1. The van der Waals surface area contributed by atoms with Gasteiger partial charge in [0.25, 0.3) is 5.91 Å². The first-order valence-corrected chi connectivity index (χ1v) is 13.9. The highest BCUT2D eigenvalue weighted by molar-refractivity contribution is 6.30. The highest BCUT2D eigenvalue weighted by atomic mass is 35.5. The van der Waals surface area contributed by atoms with Crippen LogP contribution in [0, 0.1) is 0 Å². The summed E-state index contributed by atoms with van der Waals surface area (Å²) in [7, 11) is 1.26. The van der Waals surface area contributed by atoms with Crippen LogP contribution in [0.5, 0.6) is 11.6 Å². The number of benzene rings is 2. The number of anilines is 1. The molecule has 238 valence electrons. The van der Waals surface area contributed by atoms with E-state index in [9.17, 15) is 31.1 Å². The number of morpholine rings is 1. The van der Waals surface area contributed by atoms with E-state index < -0.39 is 34.9 Å². The normalized spacial score (nSPS) is 14.8. The lowest BCUT2D eigenvalue weighted by atomic mass is 9.89. The van der Waals surface area contributed by atoms with Crippen LogP contribution in [0.1, 0.15) is 40.9 Å². The van der Waals surface area contributed by atoms with Gasteiger partial charge < -0.3 is 19.7 Å². The molecule has 1 aromatic heterocycles. The summed E-state index contributed by atoms with van der Waals surface area (Å²) in [4.78, 5) is 25.6. The van der Waals surface area contributed by atoms with E-state index >= 15 is 0 Å². The van der Waals surface area contributed by atoms with Gasteiger partial charge in [-0.15, -0.1) is 0 Å². The molecule has 4 rings (SSSR count). The number of alkyl halides is 6. The number of amides is 1. The standard InChI is InChI=1S/C29H30ClF6N5O3/c1-27(2,18-14-19(28(31,32)33)16-20(15-18)29(34,35)36)40(3)25(42)23-17-38-26(37-8-9-41-10-12-43-13-11-41)39-24(23)44-22-6-4-21(30)5-7-22/h4-7,14-17H,8-13H2,1-3H3,(H,37,38,39). The van der Waals surface area contributed by atoms with Crippen molar-refractivity contribution >= 4 is 23.5 Å². The van der Waals surface area contributed by atoms with Crippen LogP contribution in [0.3, 0.4) is 0 Å². The first-order valence-electron chi connectivity index (χ1n) is 13.5. The first kappa shape index (κ1) is 33.3. The molecule has 44 heavy (non-hydrogen) atoms. The zero-order valence-electron chi connectivity index (χ0n) is 24.0. The number of carbonyl (C=O) groups is 1. The summed E-state index contributed by atoms with van der Waals surface area (Å²) in [5.74, 6) is -0.557. The predicted molar refractivity (Wildman–Crippen MR) is 151 cm³/mol. The van der Waals surface area contributed by atoms with Gasteiger partial charge in [0.05, 0.1) is 29.9 Å². The molecule has 0 radical (unpaired) electrons. The van der Waals surface area contributed by atoms with Crippen LogP contribution in [-0.2, 0) is 22.6 Å². The summed E-state index contributed by atoms with van der Waals surface area (Å²) in [6.07, 6.45) is -8.91. The van der Waals surface area contributed by atoms with E-state index in [0.29, 0.717) is 43.5 Å². The molecule has 2 aromatic carbocycles. The lowest BCUT2D eigenvalue weighted by Crippen LogP contribution is -2.43. The zero-order chi connectivity index (χ0) is 32.3.